The first-order chi connectivity index (χ1) is 9.06. The van der Waals surface area contributed by atoms with E-state index in [0.29, 0.717) is 17.5 Å². The van der Waals surface area contributed by atoms with Crippen LogP contribution in [0.25, 0.3) is 0 Å². The number of anilines is 1. The van der Waals surface area contributed by atoms with Gasteiger partial charge in [0.05, 0.1) is 24.6 Å². The number of hydrogen-bond acceptors (Lipinski definition) is 5. The van der Waals surface area contributed by atoms with Crippen LogP contribution in [0.15, 0.2) is 24.8 Å². The van der Waals surface area contributed by atoms with E-state index in [2.05, 4.69) is 25.3 Å². The van der Waals surface area contributed by atoms with Crippen molar-refractivity contribution in [3.05, 3.63) is 35.5 Å². The van der Waals surface area contributed by atoms with Crippen LogP contribution < -0.4 is 5.32 Å². The molecule has 19 heavy (non-hydrogen) atoms. The van der Waals surface area contributed by atoms with Gasteiger partial charge in [-0.3, -0.25) is 9.67 Å². The van der Waals surface area contributed by atoms with Crippen LogP contribution in [0, 0.1) is 0 Å². The van der Waals surface area contributed by atoms with Crippen molar-refractivity contribution in [1.29, 1.82) is 0 Å². The fourth-order valence-electron chi connectivity index (χ4n) is 1.84. The summed E-state index contributed by atoms with van der Waals surface area (Å²) < 4.78 is 1.80. The number of aryl methyl sites for hydroxylation is 1. The highest BCUT2D eigenvalue weighted by Gasteiger charge is 2.15. The van der Waals surface area contributed by atoms with Gasteiger partial charge >= 0.3 is 0 Å². The smallest absolute Gasteiger partial charge is 0.149 e. The molecule has 0 aliphatic rings. The number of halogens is 1. The highest BCUT2D eigenvalue weighted by molar-refractivity contribution is 6.29. The second-order valence-electron chi connectivity index (χ2n) is 4.53. The molecule has 0 aromatic carbocycles. The number of hydrogen-bond donors (Lipinski definition) is 1. The van der Waals surface area contributed by atoms with Gasteiger partial charge < -0.3 is 10.2 Å². The summed E-state index contributed by atoms with van der Waals surface area (Å²) in [6.07, 6.45) is 7.05. The summed E-state index contributed by atoms with van der Waals surface area (Å²) in [5.41, 5.74) is 1.15. The minimum Gasteiger partial charge on any atom is -0.367 e. The van der Waals surface area contributed by atoms with Crippen LogP contribution in [0.4, 0.5) is 5.82 Å². The maximum absolute atomic E-state index is 5.81. The standard InChI is InChI=1S/C12H17ClN6/c1-18(2)10(9-4-16-19(3)8-9)5-15-12-7-14-6-11(13)17-12/h4,6-8,10H,5H2,1-3H3,(H,15,17). The van der Waals surface area contributed by atoms with E-state index < -0.39 is 0 Å². The van der Waals surface area contributed by atoms with E-state index in [1.54, 1.807) is 10.9 Å². The van der Waals surface area contributed by atoms with Crippen molar-refractivity contribution in [2.45, 2.75) is 6.04 Å². The molecule has 0 spiro atoms. The van der Waals surface area contributed by atoms with Crippen LogP contribution >= 0.6 is 11.6 Å². The normalized spacial score (nSPS) is 12.7. The second-order valence-corrected chi connectivity index (χ2v) is 4.92. The molecule has 2 aromatic rings. The molecule has 102 valence electrons. The quantitative estimate of drug-likeness (QED) is 0.901. The third kappa shape index (κ3) is 3.65. The predicted octanol–water partition coefficient (Wildman–Crippen LogP) is 1.58. The molecule has 0 amide bonds. The Hall–Kier alpha value is -1.66. The van der Waals surface area contributed by atoms with Gasteiger partial charge in [-0.25, -0.2) is 4.98 Å². The van der Waals surface area contributed by atoms with Crippen molar-refractivity contribution >= 4 is 17.4 Å². The lowest BCUT2D eigenvalue weighted by atomic mass is 10.1. The van der Waals surface area contributed by atoms with Gasteiger partial charge in [-0.05, 0) is 14.1 Å². The van der Waals surface area contributed by atoms with Crippen LogP contribution in [0.3, 0.4) is 0 Å². The first kappa shape index (κ1) is 13.8. The van der Waals surface area contributed by atoms with E-state index in [-0.39, 0.29) is 6.04 Å². The van der Waals surface area contributed by atoms with Crippen LogP contribution in [-0.2, 0) is 7.05 Å². The third-order valence-corrected chi connectivity index (χ3v) is 3.00. The summed E-state index contributed by atoms with van der Waals surface area (Å²) in [4.78, 5) is 10.3. The molecule has 1 atom stereocenters. The van der Waals surface area contributed by atoms with E-state index >= 15 is 0 Å². The van der Waals surface area contributed by atoms with Gasteiger partial charge in [-0.2, -0.15) is 5.10 Å². The lowest BCUT2D eigenvalue weighted by molar-refractivity contribution is 0.311. The molecule has 6 nitrogen and oxygen atoms in total. The Labute approximate surface area is 117 Å². The Balaban J connectivity index is 2.06. The number of rotatable bonds is 5. The first-order valence-electron chi connectivity index (χ1n) is 5.92. The van der Waals surface area contributed by atoms with Crippen molar-refractivity contribution in [3.63, 3.8) is 0 Å². The number of nitrogens with one attached hydrogen (secondary N) is 1. The summed E-state index contributed by atoms with van der Waals surface area (Å²) in [5, 5.41) is 7.82. The molecule has 0 radical (unpaired) electrons. The topological polar surface area (TPSA) is 58.9 Å². The summed E-state index contributed by atoms with van der Waals surface area (Å²) in [6, 6.07) is 0.203. The molecule has 0 saturated heterocycles. The van der Waals surface area contributed by atoms with Crippen LogP contribution in [0.5, 0.6) is 0 Å². The van der Waals surface area contributed by atoms with Crippen LogP contribution in [0.2, 0.25) is 5.15 Å². The number of likely N-dealkylation sites (N-methyl/N-ethyl adjacent to an activating group) is 1. The zero-order valence-corrected chi connectivity index (χ0v) is 12.0. The lowest BCUT2D eigenvalue weighted by Crippen LogP contribution is -2.26. The number of nitrogens with zero attached hydrogens (tertiary/aromatic N) is 5. The molecule has 2 aromatic heterocycles. The molecule has 2 heterocycles. The second kappa shape index (κ2) is 5.99. The van der Waals surface area contributed by atoms with E-state index in [1.807, 2.05) is 33.5 Å². The Kier molecular flexibility index (Phi) is 4.34. The minimum absolute atomic E-state index is 0.203. The molecular formula is C12H17ClN6. The van der Waals surface area contributed by atoms with Gasteiger partial charge in [0.1, 0.15) is 11.0 Å². The molecule has 0 bridgehead atoms. The maximum atomic E-state index is 5.81. The molecule has 2 rings (SSSR count). The molecule has 7 heteroatoms. The van der Waals surface area contributed by atoms with Crippen molar-refractivity contribution in [2.24, 2.45) is 7.05 Å². The molecule has 0 aliphatic heterocycles. The Bertz CT molecular complexity index is 539. The predicted molar refractivity (Wildman–Crippen MR) is 75.2 cm³/mol. The lowest BCUT2D eigenvalue weighted by Gasteiger charge is -2.23. The zero-order chi connectivity index (χ0) is 13.8. The summed E-state index contributed by atoms with van der Waals surface area (Å²) in [5.74, 6) is 0.670. The molecule has 1 unspecified atom stereocenters. The van der Waals surface area contributed by atoms with E-state index in [9.17, 15) is 0 Å². The fourth-order valence-corrected chi connectivity index (χ4v) is 1.99. The molecule has 0 fully saturated rings. The van der Waals surface area contributed by atoms with Crippen molar-refractivity contribution in [1.82, 2.24) is 24.6 Å². The van der Waals surface area contributed by atoms with Gasteiger partial charge in [0.2, 0.25) is 0 Å². The third-order valence-electron chi connectivity index (χ3n) is 2.81. The van der Waals surface area contributed by atoms with Crippen LogP contribution in [-0.4, -0.2) is 45.3 Å². The molecule has 0 saturated carbocycles. The monoisotopic (exact) mass is 280 g/mol. The van der Waals surface area contributed by atoms with Gasteiger partial charge in [0.25, 0.3) is 0 Å². The summed E-state index contributed by atoms with van der Waals surface area (Å²) in [7, 11) is 5.97. The average Bonchev–Trinajstić information content (AvgIpc) is 2.76. The maximum Gasteiger partial charge on any atom is 0.149 e. The Morgan fingerprint density at radius 2 is 2.16 bits per heavy atom. The first-order valence-corrected chi connectivity index (χ1v) is 6.30. The highest BCUT2D eigenvalue weighted by Crippen LogP contribution is 2.18. The van der Waals surface area contributed by atoms with Gasteiger partial charge in [0.15, 0.2) is 0 Å². The van der Waals surface area contributed by atoms with E-state index in [4.69, 9.17) is 11.6 Å². The van der Waals surface area contributed by atoms with Gasteiger partial charge in [-0.1, -0.05) is 11.6 Å². The average molecular weight is 281 g/mol. The summed E-state index contributed by atoms with van der Waals surface area (Å²) in [6.45, 7) is 0.702. The Morgan fingerprint density at radius 3 is 2.74 bits per heavy atom. The molecule has 1 N–H and O–H groups in total. The fraction of sp³-hybridized carbons (Fsp3) is 0.417. The van der Waals surface area contributed by atoms with Crippen molar-refractivity contribution in [3.8, 4) is 0 Å². The Morgan fingerprint density at radius 1 is 1.37 bits per heavy atom. The SMILES string of the molecule is CN(C)C(CNc1cncc(Cl)n1)c1cnn(C)c1. The summed E-state index contributed by atoms with van der Waals surface area (Å²) >= 11 is 5.81. The molecule has 0 aliphatic carbocycles. The molecular weight excluding hydrogens is 264 g/mol. The highest BCUT2D eigenvalue weighted by atomic mass is 35.5. The van der Waals surface area contributed by atoms with E-state index in [1.165, 1.54) is 6.20 Å². The van der Waals surface area contributed by atoms with Crippen molar-refractivity contribution in [2.75, 3.05) is 26.0 Å². The van der Waals surface area contributed by atoms with Gasteiger partial charge in [-0.15, -0.1) is 0 Å². The largest absolute Gasteiger partial charge is 0.367 e. The minimum atomic E-state index is 0.203. The zero-order valence-electron chi connectivity index (χ0n) is 11.2. The van der Waals surface area contributed by atoms with Crippen LogP contribution in [0.1, 0.15) is 11.6 Å². The number of aromatic nitrogens is 4. The van der Waals surface area contributed by atoms with Gasteiger partial charge in [0, 0.05) is 25.4 Å². The van der Waals surface area contributed by atoms with E-state index in [0.717, 1.165) is 5.56 Å². The van der Waals surface area contributed by atoms with Crippen molar-refractivity contribution < 1.29 is 0 Å².